The molecule has 1 N–H and O–H groups in total. The predicted molar refractivity (Wildman–Crippen MR) is 170 cm³/mol. The van der Waals surface area contributed by atoms with Crippen LogP contribution in [0.15, 0.2) is 97.1 Å². The summed E-state index contributed by atoms with van der Waals surface area (Å²) >= 11 is 0. The van der Waals surface area contributed by atoms with Crippen LogP contribution in [0.5, 0.6) is 5.75 Å². The van der Waals surface area contributed by atoms with E-state index in [9.17, 15) is 14.4 Å². The third kappa shape index (κ3) is 7.10. The highest BCUT2D eigenvalue weighted by Crippen LogP contribution is 2.29. The summed E-state index contributed by atoms with van der Waals surface area (Å²) in [5.41, 5.74) is 5.11. The van der Waals surface area contributed by atoms with E-state index in [2.05, 4.69) is 10.2 Å². The van der Waals surface area contributed by atoms with Crippen molar-refractivity contribution in [2.75, 3.05) is 57.1 Å². The predicted octanol–water partition coefficient (Wildman–Crippen LogP) is 5.34. The highest BCUT2D eigenvalue weighted by Gasteiger charge is 2.22. The van der Waals surface area contributed by atoms with E-state index >= 15 is 0 Å². The van der Waals surface area contributed by atoms with Crippen LogP contribution in [0.1, 0.15) is 26.3 Å². The van der Waals surface area contributed by atoms with Crippen molar-refractivity contribution in [1.82, 2.24) is 9.80 Å². The fourth-order valence-corrected chi connectivity index (χ4v) is 5.01. The average molecular weight is 577 g/mol. The molecule has 0 unspecified atom stereocenters. The van der Waals surface area contributed by atoms with Gasteiger partial charge < -0.3 is 24.8 Å². The number of amides is 3. The van der Waals surface area contributed by atoms with Crippen molar-refractivity contribution in [3.63, 3.8) is 0 Å². The number of nitrogens with one attached hydrogen (secondary N) is 1. The maximum atomic E-state index is 13.4. The first kappa shape index (κ1) is 29.5. The topological polar surface area (TPSA) is 82.2 Å². The summed E-state index contributed by atoms with van der Waals surface area (Å²) in [4.78, 5) is 44.8. The van der Waals surface area contributed by atoms with Gasteiger partial charge in [-0.25, -0.2) is 0 Å². The standard InChI is InChI=1S/C35H36N4O4/c1-25-12-14-26(15-13-25)29-8-4-5-9-30(29)34(41)36-28-18-16-27(17-19-28)35(42)38(3)31-10-6-7-11-32(31)43-24-33(40)39-22-20-37(2)21-23-39/h4-19H,20-24H2,1-3H3,(H,36,41). The zero-order chi connectivity index (χ0) is 30.3. The van der Waals surface area contributed by atoms with Gasteiger partial charge in [-0.2, -0.15) is 0 Å². The molecule has 0 radical (unpaired) electrons. The maximum Gasteiger partial charge on any atom is 0.260 e. The SMILES string of the molecule is Cc1ccc(-c2ccccc2C(=O)Nc2ccc(C(=O)N(C)c3ccccc3OCC(=O)N3CCN(C)CC3)cc2)cc1. The minimum Gasteiger partial charge on any atom is -0.482 e. The van der Waals surface area contributed by atoms with E-state index in [1.807, 2.05) is 68.6 Å². The van der Waals surface area contributed by atoms with Crippen LogP contribution in [0, 0.1) is 6.92 Å². The first-order valence-corrected chi connectivity index (χ1v) is 14.3. The number of piperazine rings is 1. The molecule has 0 saturated carbocycles. The number of ether oxygens (including phenoxy) is 1. The number of rotatable bonds is 8. The van der Waals surface area contributed by atoms with Gasteiger partial charge in [0, 0.05) is 50.0 Å². The summed E-state index contributed by atoms with van der Waals surface area (Å²) in [6.45, 7) is 4.96. The molecule has 4 aromatic carbocycles. The van der Waals surface area contributed by atoms with Crippen molar-refractivity contribution in [3.8, 4) is 16.9 Å². The van der Waals surface area contributed by atoms with E-state index in [0.717, 1.165) is 29.8 Å². The quantitative estimate of drug-likeness (QED) is 0.306. The summed E-state index contributed by atoms with van der Waals surface area (Å²) in [5, 5.41) is 2.95. The van der Waals surface area contributed by atoms with Crippen molar-refractivity contribution < 1.29 is 19.1 Å². The molecule has 0 aromatic heterocycles. The molecule has 220 valence electrons. The highest BCUT2D eigenvalue weighted by atomic mass is 16.5. The summed E-state index contributed by atoms with van der Waals surface area (Å²) in [6.07, 6.45) is 0. The Balaban J connectivity index is 1.24. The van der Waals surface area contributed by atoms with E-state index in [0.29, 0.717) is 41.3 Å². The molecule has 0 spiro atoms. The molecule has 8 nitrogen and oxygen atoms in total. The van der Waals surface area contributed by atoms with Gasteiger partial charge in [-0.05, 0) is 67.6 Å². The number of likely N-dealkylation sites (N-methyl/N-ethyl adjacent to an activating group) is 1. The molecule has 0 bridgehead atoms. The van der Waals surface area contributed by atoms with Crippen molar-refractivity contribution >= 4 is 29.1 Å². The van der Waals surface area contributed by atoms with Crippen LogP contribution in [0.4, 0.5) is 11.4 Å². The Kier molecular flexibility index (Phi) is 9.17. The van der Waals surface area contributed by atoms with E-state index in [4.69, 9.17) is 4.74 Å². The fourth-order valence-electron chi connectivity index (χ4n) is 5.01. The summed E-state index contributed by atoms with van der Waals surface area (Å²) in [5.74, 6) is -0.0958. The number of anilines is 2. The van der Waals surface area contributed by atoms with Crippen LogP contribution in [0.2, 0.25) is 0 Å². The summed E-state index contributed by atoms with van der Waals surface area (Å²) < 4.78 is 5.89. The largest absolute Gasteiger partial charge is 0.482 e. The number of hydrogen-bond acceptors (Lipinski definition) is 5. The monoisotopic (exact) mass is 576 g/mol. The normalized spacial score (nSPS) is 13.3. The van der Waals surface area contributed by atoms with Gasteiger partial charge in [0.1, 0.15) is 5.75 Å². The number of carbonyl (C=O) groups excluding carboxylic acids is 3. The lowest BCUT2D eigenvalue weighted by Gasteiger charge is -2.32. The van der Waals surface area contributed by atoms with Gasteiger partial charge in [0.05, 0.1) is 5.69 Å². The van der Waals surface area contributed by atoms with Crippen LogP contribution in [-0.4, -0.2) is 74.4 Å². The molecule has 3 amide bonds. The summed E-state index contributed by atoms with van der Waals surface area (Å²) in [6, 6.07) is 29.5. The molecular formula is C35H36N4O4. The minimum absolute atomic E-state index is 0.0731. The van der Waals surface area contributed by atoms with Gasteiger partial charge in [-0.3, -0.25) is 14.4 Å². The van der Waals surface area contributed by atoms with Crippen LogP contribution >= 0.6 is 0 Å². The number of benzene rings is 4. The van der Waals surface area contributed by atoms with Crippen molar-refractivity contribution in [1.29, 1.82) is 0 Å². The lowest BCUT2D eigenvalue weighted by Crippen LogP contribution is -2.48. The molecule has 1 saturated heterocycles. The summed E-state index contributed by atoms with van der Waals surface area (Å²) in [7, 11) is 3.71. The minimum atomic E-state index is -0.246. The molecule has 43 heavy (non-hydrogen) atoms. The number of hydrogen-bond donors (Lipinski definition) is 1. The number of para-hydroxylation sites is 2. The number of nitrogens with zero attached hydrogens (tertiary/aromatic N) is 3. The third-order valence-electron chi connectivity index (χ3n) is 7.66. The Morgan fingerprint density at radius 2 is 1.47 bits per heavy atom. The lowest BCUT2D eigenvalue weighted by molar-refractivity contribution is -0.134. The molecule has 1 aliphatic heterocycles. The molecular weight excluding hydrogens is 540 g/mol. The van der Waals surface area contributed by atoms with E-state index in [-0.39, 0.29) is 24.3 Å². The molecule has 0 atom stereocenters. The van der Waals surface area contributed by atoms with Gasteiger partial charge in [-0.15, -0.1) is 0 Å². The second-order valence-corrected chi connectivity index (χ2v) is 10.7. The Morgan fingerprint density at radius 1 is 0.814 bits per heavy atom. The zero-order valence-corrected chi connectivity index (χ0v) is 24.7. The van der Waals surface area contributed by atoms with Crippen LogP contribution in [0.25, 0.3) is 11.1 Å². The van der Waals surface area contributed by atoms with Gasteiger partial charge in [0.25, 0.3) is 17.7 Å². The second-order valence-electron chi connectivity index (χ2n) is 10.7. The average Bonchev–Trinajstić information content (AvgIpc) is 3.04. The number of carbonyl (C=O) groups is 3. The molecule has 1 fully saturated rings. The Bertz CT molecular complexity index is 1590. The smallest absolute Gasteiger partial charge is 0.260 e. The van der Waals surface area contributed by atoms with Gasteiger partial charge >= 0.3 is 0 Å². The van der Waals surface area contributed by atoms with E-state index < -0.39 is 0 Å². The molecule has 4 aromatic rings. The Morgan fingerprint density at radius 3 is 2.19 bits per heavy atom. The van der Waals surface area contributed by atoms with E-state index in [1.165, 1.54) is 4.90 Å². The van der Waals surface area contributed by atoms with Crippen LogP contribution < -0.4 is 15.0 Å². The van der Waals surface area contributed by atoms with Gasteiger partial charge in [-0.1, -0.05) is 60.2 Å². The van der Waals surface area contributed by atoms with E-state index in [1.54, 1.807) is 54.4 Å². The zero-order valence-electron chi connectivity index (χ0n) is 24.7. The number of aryl methyl sites for hydroxylation is 1. The Hall–Kier alpha value is -4.95. The third-order valence-corrected chi connectivity index (χ3v) is 7.66. The Labute approximate surface area is 252 Å². The molecule has 8 heteroatoms. The maximum absolute atomic E-state index is 13.4. The molecule has 1 heterocycles. The van der Waals surface area contributed by atoms with Gasteiger partial charge in [0.15, 0.2) is 6.61 Å². The van der Waals surface area contributed by atoms with Crippen molar-refractivity contribution in [2.45, 2.75) is 6.92 Å². The second kappa shape index (κ2) is 13.4. The lowest BCUT2D eigenvalue weighted by atomic mass is 9.98. The first-order valence-electron chi connectivity index (χ1n) is 14.3. The van der Waals surface area contributed by atoms with Gasteiger partial charge in [0.2, 0.25) is 0 Å². The fraction of sp³-hybridized carbons (Fsp3) is 0.229. The molecule has 0 aliphatic carbocycles. The first-order chi connectivity index (χ1) is 20.8. The highest BCUT2D eigenvalue weighted by molar-refractivity contribution is 6.09. The van der Waals surface area contributed by atoms with Crippen molar-refractivity contribution in [3.05, 3.63) is 114 Å². The molecule has 5 rings (SSSR count). The van der Waals surface area contributed by atoms with Crippen LogP contribution in [-0.2, 0) is 4.79 Å². The van der Waals surface area contributed by atoms with Crippen molar-refractivity contribution in [2.24, 2.45) is 0 Å². The molecule has 1 aliphatic rings. The van der Waals surface area contributed by atoms with Crippen LogP contribution in [0.3, 0.4) is 0 Å².